The number of halogens is 1. The molecule has 0 amide bonds. The van der Waals surface area contributed by atoms with E-state index in [-0.39, 0.29) is 0 Å². The SMILES string of the molecule is CS(=O)(=O)c1ccc(Cl)c(NC2CC3CCC2C3)c1. The lowest BCUT2D eigenvalue weighted by Crippen LogP contribution is -2.26. The Morgan fingerprint density at radius 3 is 2.63 bits per heavy atom. The maximum atomic E-state index is 11.6. The number of hydrogen-bond donors (Lipinski definition) is 1. The number of sulfone groups is 1. The number of nitrogens with one attached hydrogen (secondary N) is 1. The van der Waals surface area contributed by atoms with Crippen LogP contribution in [0.25, 0.3) is 0 Å². The van der Waals surface area contributed by atoms with E-state index in [1.807, 2.05) is 0 Å². The minimum atomic E-state index is -3.18. The molecule has 2 fully saturated rings. The molecule has 1 aromatic carbocycles. The second kappa shape index (κ2) is 4.67. The van der Waals surface area contributed by atoms with Crippen molar-refractivity contribution in [3.63, 3.8) is 0 Å². The first-order valence-electron chi connectivity index (χ1n) is 6.69. The molecular weight excluding hydrogens is 282 g/mol. The van der Waals surface area contributed by atoms with Gasteiger partial charge < -0.3 is 5.32 Å². The van der Waals surface area contributed by atoms with Crippen LogP contribution in [0.2, 0.25) is 5.02 Å². The van der Waals surface area contributed by atoms with Gasteiger partial charge in [0.1, 0.15) is 0 Å². The Hall–Kier alpha value is -0.740. The standard InChI is InChI=1S/C14H18ClNO2S/c1-19(17,18)11-4-5-12(15)14(8-11)16-13-7-9-2-3-10(13)6-9/h4-5,8-10,13,16H,2-3,6-7H2,1H3. The molecule has 2 saturated carbocycles. The van der Waals surface area contributed by atoms with E-state index >= 15 is 0 Å². The lowest BCUT2D eigenvalue weighted by molar-refractivity contribution is 0.440. The summed E-state index contributed by atoms with van der Waals surface area (Å²) in [6.45, 7) is 0. The van der Waals surface area contributed by atoms with E-state index in [2.05, 4.69) is 5.32 Å². The quantitative estimate of drug-likeness (QED) is 0.931. The molecule has 0 radical (unpaired) electrons. The number of rotatable bonds is 3. The molecule has 0 heterocycles. The van der Waals surface area contributed by atoms with Gasteiger partial charge in [-0.3, -0.25) is 0 Å². The maximum Gasteiger partial charge on any atom is 0.175 e. The first kappa shape index (κ1) is 13.3. The molecule has 104 valence electrons. The first-order valence-corrected chi connectivity index (χ1v) is 8.96. The fourth-order valence-corrected chi connectivity index (χ4v) is 4.29. The Labute approximate surface area is 119 Å². The van der Waals surface area contributed by atoms with Gasteiger partial charge in [-0.15, -0.1) is 0 Å². The smallest absolute Gasteiger partial charge is 0.175 e. The molecule has 0 aliphatic heterocycles. The zero-order valence-electron chi connectivity index (χ0n) is 10.9. The number of anilines is 1. The summed E-state index contributed by atoms with van der Waals surface area (Å²) in [6, 6.07) is 5.33. The van der Waals surface area contributed by atoms with Crippen LogP contribution in [0, 0.1) is 11.8 Å². The highest BCUT2D eigenvalue weighted by Crippen LogP contribution is 2.46. The zero-order valence-corrected chi connectivity index (χ0v) is 12.5. The minimum absolute atomic E-state index is 0.322. The van der Waals surface area contributed by atoms with Gasteiger partial charge >= 0.3 is 0 Å². The van der Waals surface area contributed by atoms with Crippen molar-refractivity contribution in [2.24, 2.45) is 11.8 Å². The van der Waals surface area contributed by atoms with Crippen molar-refractivity contribution in [1.29, 1.82) is 0 Å². The molecule has 0 aromatic heterocycles. The van der Waals surface area contributed by atoms with Crippen molar-refractivity contribution >= 4 is 27.1 Å². The average Bonchev–Trinajstić information content (AvgIpc) is 2.92. The maximum absolute atomic E-state index is 11.6. The highest BCUT2D eigenvalue weighted by Gasteiger charge is 2.39. The van der Waals surface area contributed by atoms with Gasteiger partial charge in [0, 0.05) is 12.3 Å². The van der Waals surface area contributed by atoms with Gasteiger partial charge in [0.05, 0.1) is 15.6 Å². The van der Waals surface area contributed by atoms with Crippen molar-refractivity contribution in [3.8, 4) is 0 Å². The van der Waals surface area contributed by atoms with Crippen LogP contribution in [0.15, 0.2) is 23.1 Å². The van der Waals surface area contributed by atoms with Gasteiger partial charge in [0.15, 0.2) is 9.84 Å². The average molecular weight is 300 g/mol. The van der Waals surface area contributed by atoms with Crippen LogP contribution in [0.4, 0.5) is 5.69 Å². The molecule has 5 heteroatoms. The molecular formula is C14H18ClNO2S. The summed E-state index contributed by atoms with van der Waals surface area (Å²) in [5.74, 6) is 1.57. The van der Waals surface area contributed by atoms with E-state index in [1.165, 1.54) is 31.9 Å². The summed E-state index contributed by atoms with van der Waals surface area (Å²) in [4.78, 5) is 0.322. The predicted molar refractivity (Wildman–Crippen MR) is 77.4 cm³/mol. The Morgan fingerprint density at radius 1 is 1.26 bits per heavy atom. The topological polar surface area (TPSA) is 46.2 Å². The first-order chi connectivity index (χ1) is 8.93. The van der Waals surface area contributed by atoms with Crippen molar-refractivity contribution < 1.29 is 8.42 Å². The molecule has 1 N–H and O–H groups in total. The fraction of sp³-hybridized carbons (Fsp3) is 0.571. The molecule has 1 aromatic rings. The van der Waals surface area contributed by atoms with Crippen LogP contribution in [0.1, 0.15) is 25.7 Å². The van der Waals surface area contributed by atoms with Crippen molar-refractivity contribution in [3.05, 3.63) is 23.2 Å². The molecule has 3 atom stereocenters. The second-order valence-corrected chi connectivity index (χ2v) is 8.26. The lowest BCUT2D eigenvalue weighted by Gasteiger charge is -2.24. The molecule has 3 unspecified atom stereocenters. The fourth-order valence-electron chi connectivity index (χ4n) is 3.47. The number of benzene rings is 1. The minimum Gasteiger partial charge on any atom is -0.381 e. The van der Waals surface area contributed by atoms with E-state index in [0.717, 1.165) is 17.5 Å². The van der Waals surface area contributed by atoms with E-state index < -0.39 is 9.84 Å². The molecule has 2 bridgehead atoms. The van der Waals surface area contributed by atoms with Gasteiger partial charge in [0.25, 0.3) is 0 Å². The third-order valence-corrected chi connectivity index (χ3v) is 5.88. The Balaban J connectivity index is 1.84. The van der Waals surface area contributed by atoms with Gasteiger partial charge in [0.2, 0.25) is 0 Å². The normalized spacial score (nSPS) is 29.7. The molecule has 0 spiro atoms. The highest BCUT2D eigenvalue weighted by molar-refractivity contribution is 7.90. The van der Waals surface area contributed by atoms with E-state index in [9.17, 15) is 8.42 Å². The molecule has 19 heavy (non-hydrogen) atoms. The van der Waals surface area contributed by atoms with E-state index in [4.69, 9.17) is 11.6 Å². The van der Waals surface area contributed by atoms with E-state index in [1.54, 1.807) is 18.2 Å². The zero-order chi connectivity index (χ0) is 13.6. The van der Waals surface area contributed by atoms with Gasteiger partial charge in [-0.2, -0.15) is 0 Å². The summed E-state index contributed by atoms with van der Waals surface area (Å²) in [7, 11) is -3.18. The third-order valence-electron chi connectivity index (χ3n) is 4.44. The predicted octanol–water partition coefficient (Wildman–Crippen LogP) is 3.34. The summed E-state index contributed by atoms with van der Waals surface area (Å²) in [5.41, 5.74) is 0.752. The van der Waals surface area contributed by atoms with Crippen molar-refractivity contribution in [1.82, 2.24) is 0 Å². The van der Waals surface area contributed by atoms with Crippen LogP contribution in [-0.2, 0) is 9.84 Å². The highest BCUT2D eigenvalue weighted by atomic mass is 35.5. The van der Waals surface area contributed by atoms with Crippen LogP contribution in [0.3, 0.4) is 0 Å². The summed E-state index contributed by atoms with van der Waals surface area (Å²) < 4.78 is 23.2. The van der Waals surface area contributed by atoms with Crippen LogP contribution < -0.4 is 5.32 Å². The largest absolute Gasteiger partial charge is 0.381 e. The van der Waals surface area contributed by atoms with Crippen molar-refractivity contribution in [2.75, 3.05) is 11.6 Å². The van der Waals surface area contributed by atoms with Crippen LogP contribution in [0.5, 0.6) is 0 Å². The van der Waals surface area contributed by atoms with Gasteiger partial charge in [-0.25, -0.2) is 8.42 Å². The Morgan fingerprint density at radius 2 is 2.05 bits per heavy atom. The number of hydrogen-bond acceptors (Lipinski definition) is 3. The molecule has 2 aliphatic rings. The Kier molecular flexibility index (Phi) is 3.26. The molecule has 3 nitrogen and oxygen atoms in total. The molecule has 2 aliphatic carbocycles. The third kappa shape index (κ3) is 2.61. The molecule has 0 saturated heterocycles. The number of fused-ring (bicyclic) bond motifs is 2. The van der Waals surface area contributed by atoms with Crippen LogP contribution in [-0.4, -0.2) is 20.7 Å². The van der Waals surface area contributed by atoms with Gasteiger partial charge in [-0.05, 0) is 49.3 Å². The second-order valence-electron chi connectivity index (χ2n) is 5.84. The lowest BCUT2D eigenvalue weighted by atomic mass is 9.95. The van der Waals surface area contributed by atoms with Crippen molar-refractivity contribution in [2.45, 2.75) is 36.6 Å². The summed E-state index contributed by atoms with van der Waals surface area (Å²) >= 11 is 6.17. The monoisotopic (exact) mass is 299 g/mol. The van der Waals surface area contributed by atoms with E-state index in [0.29, 0.717) is 16.0 Å². The van der Waals surface area contributed by atoms with Gasteiger partial charge in [-0.1, -0.05) is 18.0 Å². The molecule has 3 rings (SSSR count). The Bertz CT molecular complexity index is 599. The summed E-state index contributed by atoms with van der Waals surface area (Å²) in [5, 5.41) is 4.05. The van der Waals surface area contributed by atoms with Crippen LogP contribution >= 0.6 is 11.6 Å². The summed E-state index contributed by atoms with van der Waals surface area (Å²) in [6.07, 6.45) is 6.34.